The van der Waals surface area contributed by atoms with E-state index in [1.54, 1.807) is 45.3 Å². The second kappa shape index (κ2) is 23.9. The molecule has 0 unspecified atom stereocenters. The van der Waals surface area contributed by atoms with Crippen molar-refractivity contribution < 1.29 is 0 Å². The van der Waals surface area contributed by atoms with Crippen molar-refractivity contribution in [2.75, 3.05) is 0 Å². The predicted octanol–water partition coefficient (Wildman–Crippen LogP) is 14.6. The van der Waals surface area contributed by atoms with Crippen LogP contribution in [0.4, 0.5) is 0 Å². The quantitative estimate of drug-likeness (QED) is 0.0626. The minimum atomic E-state index is 1.08. The second-order valence-electron chi connectivity index (χ2n) is 13.5. The number of thiophene rings is 4. The molecule has 0 saturated carbocycles. The van der Waals surface area contributed by atoms with Crippen molar-refractivity contribution in [2.45, 2.75) is 156 Å². The monoisotopic (exact) mass is 738 g/mol. The molecule has 0 radical (unpaired) electrons. The highest BCUT2D eigenvalue weighted by molar-refractivity contribution is 7.14. The molecule has 0 fully saturated rings. The van der Waals surface area contributed by atoms with Crippen LogP contribution in [0.1, 0.15) is 182 Å². The Hall–Kier alpha value is -2.52. The fourth-order valence-corrected chi connectivity index (χ4v) is 9.60. The lowest BCUT2D eigenvalue weighted by Crippen LogP contribution is -1.87. The molecule has 50 heavy (non-hydrogen) atoms. The fraction of sp³-hybridized carbons (Fsp3) is 0.522. The first-order valence-electron chi connectivity index (χ1n) is 19.6. The molecule has 4 heterocycles. The van der Waals surface area contributed by atoms with Crippen LogP contribution < -0.4 is 0 Å². The Bertz CT molecular complexity index is 1610. The zero-order valence-electron chi connectivity index (χ0n) is 31.2. The average Bonchev–Trinajstić information content (AvgIpc) is 3.93. The topological polar surface area (TPSA) is 0 Å². The van der Waals surface area contributed by atoms with Gasteiger partial charge in [-0.1, -0.05) is 105 Å². The molecule has 0 aliphatic rings. The van der Waals surface area contributed by atoms with Crippen LogP contribution >= 0.6 is 45.3 Å². The Labute approximate surface area is 321 Å². The molecule has 0 N–H and O–H groups in total. The number of hydrogen-bond donors (Lipinski definition) is 0. The van der Waals surface area contributed by atoms with E-state index in [1.165, 1.54) is 144 Å². The molecule has 4 rings (SSSR count). The number of unbranched alkanes of at least 4 members (excludes halogenated alkanes) is 12. The van der Waals surface area contributed by atoms with Crippen LogP contribution in [0.5, 0.6) is 0 Å². The van der Waals surface area contributed by atoms with Crippen molar-refractivity contribution in [2.24, 2.45) is 0 Å². The predicted molar refractivity (Wildman–Crippen MR) is 227 cm³/mol. The summed E-state index contributed by atoms with van der Waals surface area (Å²) in [5.41, 5.74) is 5.58. The number of hydrogen-bond acceptors (Lipinski definition) is 4. The highest BCUT2D eigenvalue weighted by atomic mass is 32.1. The molecule has 4 aromatic rings. The first-order chi connectivity index (χ1) is 24.6. The van der Waals surface area contributed by atoms with Crippen molar-refractivity contribution in [3.63, 3.8) is 0 Å². The third-order valence-electron chi connectivity index (χ3n) is 9.20. The maximum absolute atomic E-state index is 3.67. The van der Waals surface area contributed by atoms with Gasteiger partial charge in [0.2, 0.25) is 0 Å². The van der Waals surface area contributed by atoms with E-state index in [9.17, 15) is 0 Å². The van der Waals surface area contributed by atoms with Crippen LogP contribution in [-0.4, -0.2) is 0 Å². The van der Waals surface area contributed by atoms with Gasteiger partial charge in [-0.2, -0.15) is 0 Å². The molecule has 266 valence electrons. The van der Waals surface area contributed by atoms with Gasteiger partial charge in [-0.15, -0.1) is 45.3 Å². The van der Waals surface area contributed by atoms with E-state index in [-0.39, 0.29) is 0 Å². The van der Waals surface area contributed by atoms with Crippen LogP contribution in [0.25, 0.3) is 0 Å². The van der Waals surface area contributed by atoms with E-state index in [1.807, 2.05) is 0 Å². The van der Waals surface area contributed by atoms with Crippen molar-refractivity contribution in [3.05, 3.63) is 86.5 Å². The first-order valence-corrected chi connectivity index (χ1v) is 23.0. The highest BCUT2D eigenvalue weighted by Gasteiger charge is 2.10. The van der Waals surface area contributed by atoms with Crippen LogP contribution in [0.2, 0.25) is 0 Å². The lowest BCUT2D eigenvalue weighted by Gasteiger charge is -2.00. The Morgan fingerprint density at radius 1 is 0.380 bits per heavy atom. The van der Waals surface area contributed by atoms with Gasteiger partial charge in [0.1, 0.15) is 0 Å². The first kappa shape index (κ1) is 40.3. The number of rotatable bonds is 20. The molecule has 0 amide bonds. The largest absolute Gasteiger partial charge is 0.135 e. The SMILES string of the molecule is CCCCCCc1ccsc1C#Cc1cc(CCCCCC)c(C#Cc2sc(C#Cc3sccc3CCCCCC)cc2CCCCCC)s1. The Morgan fingerprint density at radius 2 is 0.720 bits per heavy atom. The van der Waals surface area contributed by atoms with Gasteiger partial charge in [-0.05, 0) is 144 Å². The molecule has 0 atom stereocenters. The van der Waals surface area contributed by atoms with E-state index in [2.05, 4.69) is 98.2 Å². The lowest BCUT2D eigenvalue weighted by molar-refractivity contribution is 0.667. The Kier molecular flexibility index (Phi) is 19.2. The summed E-state index contributed by atoms with van der Waals surface area (Å²) in [4.78, 5) is 7.14. The summed E-state index contributed by atoms with van der Waals surface area (Å²) in [6, 6.07) is 9.22. The molecule has 4 aromatic heterocycles. The molecular weight excluding hydrogens is 681 g/mol. The Morgan fingerprint density at radius 3 is 1.08 bits per heavy atom. The van der Waals surface area contributed by atoms with Crippen molar-refractivity contribution in [3.8, 4) is 35.5 Å². The van der Waals surface area contributed by atoms with Crippen molar-refractivity contribution in [1.29, 1.82) is 0 Å². The van der Waals surface area contributed by atoms with Crippen LogP contribution in [0, 0.1) is 35.5 Å². The lowest BCUT2D eigenvalue weighted by atomic mass is 10.1. The van der Waals surface area contributed by atoms with E-state index in [0.29, 0.717) is 0 Å². The molecule has 0 aliphatic heterocycles. The summed E-state index contributed by atoms with van der Waals surface area (Å²) >= 11 is 7.15. The minimum absolute atomic E-state index is 1.08. The van der Waals surface area contributed by atoms with Gasteiger partial charge in [0, 0.05) is 0 Å². The van der Waals surface area contributed by atoms with E-state index in [4.69, 9.17) is 0 Å². The molecule has 4 heteroatoms. The molecule has 0 aliphatic carbocycles. The zero-order valence-corrected chi connectivity index (χ0v) is 34.5. The standard InChI is InChI=1S/C46H58S4/c1-5-9-13-17-21-37-31-33-47-43(37)27-25-41-35-39(23-19-15-11-7-3)45(49-41)29-30-46-40(24-20-16-12-8-4)36-42(50-46)26-28-44-38(32-34-48-44)22-18-14-10-6-2/h31-36H,5-24H2,1-4H3. The molecule has 0 spiro atoms. The molecule has 0 saturated heterocycles. The number of aryl methyl sites for hydroxylation is 4. The van der Waals surface area contributed by atoms with Crippen LogP contribution in [-0.2, 0) is 25.7 Å². The molecule has 0 aromatic carbocycles. The molecule has 0 nitrogen and oxygen atoms in total. The van der Waals surface area contributed by atoms with Crippen molar-refractivity contribution in [1.82, 2.24) is 0 Å². The summed E-state index contributed by atoms with van der Waals surface area (Å²) in [6.07, 6.45) is 24.8. The van der Waals surface area contributed by atoms with E-state index in [0.717, 1.165) is 35.4 Å². The van der Waals surface area contributed by atoms with Crippen molar-refractivity contribution >= 4 is 45.3 Å². The molecule has 0 bridgehead atoms. The van der Waals surface area contributed by atoms with Gasteiger partial charge in [0.05, 0.1) is 29.3 Å². The van der Waals surface area contributed by atoms with Gasteiger partial charge in [0.25, 0.3) is 0 Å². The summed E-state index contributed by atoms with van der Waals surface area (Å²) in [6.45, 7) is 9.12. The Balaban J connectivity index is 1.58. The van der Waals surface area contributed by atoms with Crippen LogP contribution in [0.3, 0.4) is 0 Å². The van der Waals surface area contributed by atoms with E-state index >= 15 is 0 Å². The average molecular weight is 739 g/mol. The zero-order chi connectivity index (χ0) is 35.2. The van der Waals surface area contributed by atoms with Gasteiger partial charge < -0.3 is 0 Å². The molecular formula is C46H58S4. The van der Waals surface area contributed by atoms with Gasteiger partial charge in [-0.25, -0.2) is 0 Å². The summed E-state index contributed by atoms with van der Waals surface area (Å²) in [7, 11) is 0. The summed E-state index contributed by atoms with van der Waals surface area (Å²) < 4.78 is 0. The van der Waals surface area contributed by atoms with E-state index < -0.39 is 0 Å². The van der Waals surface area contributed by atoms with Gasteiger partial charge in [-0.3, -0.25) is 0 Å². The second-order valence-corrected chi connectivity index (χ2v) is 17.4. The highest BCUT2D eigenvalue weighted by Crippen LogP contribution is 2.28. The fourth-order valence-electron chi connectivity index (χ4n) is 6.17. The third-order valence-corrected chi connectivity index (χ3v) is 13.0. The van der Waals surface area contributed by atoms with Gasteiger partial charge in [0.15, 0.2) is 0 Å². The van der Waals surface area contributed by atoms with Gasteiger partial charge >= 0.3 is 0 Å². The normalized spacial score (nSPS) is 10.7. The minimum Gasteiger partial charge on any atom is -0.135 e. The smallest absolute Gasteiger partial charge is 0.0817 e. The maximum atomic E-state index is 3.67. The van der Waals surface area contributed by atoms with Crippen LogP contribution in [0.15, 0.2) is 35.0 Å². The summed E-state index contributed by atoms with van der Waals surface area (Å²) in [5.74, 6) is 21.6. The summed E-state index contributed by atoms with van der Waals surface area (Å²) in [5, 5.41) is 4.41. The third kappa shape index (κ3) is 13.9. The maximum Gasteiger partial charge on any atom is 0.0817 e.